The van der Waals surface area contributed by atoms with E-state index in [0.717, 1.165) is 32.6 Å². The van der Waals surface area contributed by atoms with E-state index < -0.39 is 0 Å². The maximum absolute atomic E-state index is 3.49. The summed E-state index contributed by atoms with van der Waals surface area (Å²) in [7, 11) is 0. The summed E-state index contributed by atoms with van der Waals surface area (Å²) in [4.78, 5) is 2.43. The van der Waals surface area contributed by atoms with Crippen molar-refractivity contribution in [1.82, 2.24) is 5.32 Å². The average Bonchev–Trinajstić information content (AvgIpc) is 2.40. The van der Waals surface area contributed by atoms with Gasteiger partial charge in [0.2, 0.25) is 0 Å². The Morgan fingerprint density at radius 3 is 2.47 bits per heavy atom. The summed E-state index contributed by atoms with van der Waals surface area (Å²) in [6.45, 7) is 8.81. The van der Waals surface area contributed by atoms with Crippen LogP contribution in [0.15, 0.2) is 24.3 Å². The Morgan fingerprint density at radius 1 is 1.24 bits per heavy atom. The Morgan fingerprint density at radius 2 is 1.88 bits per heavy atom. The van der Waals surface area contributed by atoms with Crippen LogP contribution in [0.25, 0.3) is 0 Å². The lowest BCUT2D eigenvalue weighted by Crippen LogP contribution is -2.43. The smallest absolute Gasteiger partial charge is 0.0368 e. The molecule has 3 nitrogen and oxygen atoms in total. The van der Waals surface area contributed by atoms with Crippen LogP contribution in [0.5, 0.6) is 0 Å². The molecule has 2 N–H and O–H groups in total. The Labute approximate surface area is 104 Å². The third kappa shape index (κ3) is 3.37. The van der Waals surface area contributed by atoms with E-state index in [1.165, 1.54) is 11.4 Å². The van der Waals surface area contributed by atoms with Gasteiger partial charge in [-0.25, -0.2) is 0 Å². The van der Waals surface area contributed by atoms with Crippen molar-refractivity contribution < 1.29 is 0 Å². The first-order valence-electron chi connectivity index (χ1n) is 6.62. The minimum atomic E-state index is 0.542. The fraction of sp³-hybridized carbons (Fsp3) is 0.571. The van der Waals surface area contributed by atoms with Crippen molar-refractivity contribution in [2.75, 3.05) is 36.4 Å². The molecule has 1 heterocycles. The van der Waals surface area contributed by atoms with Gasteiger partial charge in [0.1, 0.15) is 0 Å². The number of piperazine rings is 1. The van der Waals surface area contributed by atoms with Crippen LogP contribution in [-0.4, -0.2) is 32.2 Å². The zero-order valence-corrected chi connectivity index (χ0v) is 10.9. The van der Waals surface area contributed by atoms with E-state index in [1.54, 1.807) is 0 Å². The topological polar surface area (TPSA) is 27.3 Å². The lowest BCUT2D eigenvalue weighted by atomic mass is 10.2. The van der Waals surface area contributed by atoms with E-state index in [4.69, 9.17) is 0 Å². The molecule has 0 bridgehead atoms. The van der Waals surface area contributed by atoms with Gasteiger partial charge in [0.15, 0.2) is 0 Å². The van der Waals surface area contributed by atoms with Gasteiger partial charge in [-0.05, 0) is 37.6 Å². The van der Waals surface area contributed by atoms with Gasteiger partial charge in [-0.15, -0.1) is 0 Å². The fourth-order valence-corrected chi connectivity index (χ4v) is 2.08. The Hall–Kier alpha value is -1.22. The van der Waals surface area contributed by atoms with Crippen LogP contribution in [0, 0.1) is 0 Å². The number of nitrogens with one attached hydrogen (secondary N) is 2. The van der Waals surface area contributed by atoms with Crippen LogP contribution < -0.4 is 15.5 Å². The zero-order chi connectivity index (χ0) is 12.1. The van der Waals surface area contributed by atoms with Gasteiger partial charge < -0.3 is 15.5 Å². The molecule has 1 aliphatic rings. The predicted octanol–water partition coefficient (Wildman–Crippen LogP) is 2.31. The largest absolute Gasteiger partial charge is 0.383 e. The Bertz CT molecular complexity index is 328. The highest BCUT2D eigenvalue weighted by molar-refractivity contribution is 5.55. The first kappa shape index (κ1) is 12.2. The van der Waals surface area contributed by atoms with Crippen molar-refractivity contribution in [3.8, 4) is 0 Å². The molecule has 0 amide bonds. The highest BCUT2D eigenvalue weighted by Gasteiger charge is 2.09. The van der Waals surface area contributed by atoms with Gasteiger partial charge in [-0.2, -0.15) is 0 Å². The molecular formula is C14H23N3. The van der Waals surface area contributed by atoms with Crippen LogP contribution in [0.2, 0.25) is 0 Å². The van der Waals surface area contributed by atoms with Crippen molar-refractivity contribution in [1.29, 1.82) is 0 Å². The van der Waals surface area contributed by atoms with Crippen molar-refractivity contribution in [3.63, 3.8) is 0 Å². The number of benzene rings is 1. The first-order chi connectivity index (χ1) is 8.29. The van der Waals surface area contributed by atoms with Gasteiger partial charge in [0.05, 0.1) is 0 Å². The van der Waals surface area contributed by atoms with E-state index >= 15 is 0 Å². The molecule has 2 rings (SSSR count). The quantitative estimate of drug-likeness (QED) is 0.835. The molecule has 1 aromatic rings. The average molecular weight is 233 g/mol. The zero-order valence-electron chi connectivity index (χ0n) is 10.9. The summed E-state index contributed by atoms with van der Waals surface area (Å²) in [5.41, 5.74) is 2.56. The summed E-state index contributed by atoms with van der Waals surface area (Å²) < 4.78 is 0. The monoisotopic (exact) mass is 233 g/mol. The molecule has 0 radical (unpaired) electrons. The Kier molecular flexibility index (Phi) is 4.26. The lowest BCUT2D eigenvalue weighted by molar-refractivity contribution is 0.589. The van der Waals surface area contributed by atoms with Crippen LogP contribution in [-0.2, 0) is 0 Å². The minimum Gasteiger partial charge on any atom is -0.383 e. The molecule has 1 unspecified atom stereocenters. The normalized spacial score (nSPS) is 17.9. The van der Waals surface area contributed by atoms with Gasteiger partial charge in [-0.3, -0.25) is 0 Å². The highest BCUT2D eigenvalue weighted by atomic mass is 15.2. The van der Waals surface area contributed by atoms with Crippen LogP contribution in [0.4, 0.5) is 11.4 Å². The van der Waals surface area contributed by atoms with Crippen LogP contribution >= 0.6 is 0 Å². The van der Waals surface area contributed by atoms with Gasteiger partial charge in [0.25, 0.3) is 0 Å². The maximum Gasteiger partial charge on any atom is 0.0368 e. The molecule has 1 aliphatic heterocycles. The molecule has 1 saturated heterocycles. The maximum atomic E-state index is 3.49. The molecule has 0 saturated carbocycles. The fourth-order valence-electron chi connectivity index (χ4n) is 2.08. The molecule has 94 valence electrons. The summed E-state index contributed by atoms with van der Waals surface area (Å²) in [6, 6.07) is 9.35. The number of hydrogen-bond donors (Lipinski definition) is 2. The first-order valence-corrected chi connectivity index (χ1v) is 6.62. The van der Waals surface area contributed by atoms with E-state index in [9.17, 15) is 0 Å². The van der Waals surface area contributed by atoms with Crippen LogP contribution in [0.3, 0.4) is 0 Å². The van der Waals surface area contributed by atoms with Crippen molar-refractivity contribution >= 4 is 11.4 Å². The predicted molar refractivity (Wildman–Crippen MR) is 74.9 cm³/mol. The summed E-state index contributed by atoms with van der Waals surface area (Å²) in [5.74, 6) is 0. The summed E-state index contributed by atoms with van der Waals surface area (Å²) in [6.07, 6.45) is 1.15. The number of anilines is 2. The second-order valence-electron chi connectivity index (χ2n) is 4.74. The summed E-state index contributed by atoms with van der Waals surface area (Å²) in [5, 5.41) is 6.87. The molecule has 17 heavy (non-hydrogen) atoms. The molecule has 0 aromatic heterocycles. The molecule has 0 spiro atoms. The third-order valence-electron chi connectivity index (χ3n) is 3.37. The van der Waals surface area contributed by atoms with E-state index in [-0.39, 0.29) is 0 Å². The number of nitrogens with zero attached hydrogens (tertiary/aromatic N) is 1. The SMILES string of the molecule is CCC(C)Nc1ccc(N2CCNCC2)cc1. The van der Waals surface area contributed by atoms with Gasteiger partial charge >= 0.3 is 0 Å². The molecule has 1 aromatic carbocycles. The van der Waals surface area contributed by atoms with E-state index in [2.05, 4.69) is 53.6 Å². The van der Waals surface area contributed by atoms with Crippen molar-refractivity contribution in [2.24, 2.45) is 0 Å². The highest BCUT2D eigenvalue weighted by Crippen LogP contribution is 2.19. The Balaban J connectivity index is 1.97. The molecule has 0 aliphatic carbocycles. The number of hydrogen-bond acceptors (Lipinski definition) is 3. The number of rotatable bonds is 4. The van der Waals surface area contributed by atoms with E-state index in [1.807, 2.05) is 0 Å². The second kappa shape index (κ2) is 5.92. The third-order valence-corrected chi connectivity index (χ3v) is 3.37. The van der Waals surface area contributed by atoms with Gasteiger partial charge in [-0.1, -0.05) is 6.92 Å². The molecule has 1 fully saturated rings. The summed E-state index contributed by atoms with van der Waals surface area (Å²) >= 11 is 0. The minimum absolute atomic E-state index is 0.542. The van der Waals surface area contributed by atoms with E-state index in [0.29, 0.717) is 6.04 Å². The second-order valence-corrected chi connectivity index (χ2v) is 4.74. The molecular weight excluding hydrogens is 210 g/mol. The van der Waals surface area contributed by atoms with Crippen molar-refractivity contribution in [3.05, 3.63) is 24.3 Å². The lowest BCUT2D eigenvalue weighted by Gasteiger charge is -2.29. The van der Waals surface area contributed by atoms with Gasteiger partial charge in [0, 0.05) is 43.6 Å². The molecule has 3 heteroatoms. The van der Waals surface area contributed by atoms with Crippen LogP contribution in [0.1, 0.15) is 20.3 Å². The van der Waals surface area contributed by atoms with Crippen molar-refractivity contribution in [2.45, 2.75) is 26.3 Å². The molecule has 1 atom stereocenters. The standard InChI is InChI=1S/C14H23N3/c1-3-12(2)16-13-4-6-14(7-5-13)17-10-8-15-9-11-17/h4-7,12,15-16H,3,8-11H2,1-2H3.